The van der Waals surface area contributed by atoms with E-state index in [0.29, 0.717) is 45.6 Å². The molecule has 2 amide bonds. The summed E-state index contributed by atoms with van der Waals surface area (Å²) >= 11 is 0. The lowest BCUT2D eigenvalue weighted by Crippen LogP contribution is -2.53. The number of hydrogen-bond acceptors (Lipinski definition) is 6. The molecule has 2 heterocycles. The third-order valence-corrected chi connectivity index (χ3v) is 5.68. The maximum atomic E-state index is 12.6. The Morgan fingerprint density at radius 1 is 0.964 bits per heavy atom. The van der Waals surface area contributed by atoms with Crippen molar-refractivity contribution in [2.24, 2.45) is 5.92 Å². The molecule has 2 aliphatic heterocycles. The number of esters is 1. The molecule has 0 aromatic heterocycles. The second kappa shape index (κ2) is 11.4. The fourth-order valence-corrected chi connectivity index (χ4v) is 3.65. The lowest BCUT2D eigenvalue weighted by Gasteiger charge is -2.36. The highest BCUT2D eigenvalue weighted by molar-refractivity contribution is 5.79. The first kappa shape index (κ1) is 22.6. The summed E-state index contributed by atoms with van der Waals surface area (Å²) in [6.45, 7) is 11.6. The first-order chi connectivity index (χ1) is 13.4. The van der Waals surface area contributed by atoms with Crippen LogP contribution in [0.4, 0.5) is 0 Å². The molecular weight excluding hydrogens is 360 g/mol. The number of nitrogens with zero attached hydrogens (tertiary/aromatic N) is 3. The van der Waals surface area contributed by atoms with Gasteiger partial charge >= 0.3 is 5.97 Å². The Bertz CT molecular complexity index is 526. The van der Waals surface area contributed by atoms with Crippen molar-refractivity contribution in [1.29, 1.82) is 0 Å². The number of ether oxygens (including phenoxy) is 1. The molecule has 0 saturated carbocycles. The lowest BCUT2D eigenvalue weighted by atomic mass is 9.97. The smallest absolute Gasteiger partial charge is 0.309 e. The third-order valence-electron chi connectivity index (χ3n) is 5.68. The van der Waals surface area contributed by atoms with Crippen LogP contribution in [-0.4, -0.2) is 97.5 Å². The van der Waals surface area contributed by atoms with E-state index in [1.165, 1.54) is 0 Å². The molecule has 1 atom stereocenters. The molecule has 160 valence electrons. The molecule has 8 heteroatoms. The largest absolute Gasteiger partial charge is 0.466 e. The standard InChI is InChI=1S/C20H36N4O4/c1-4-16(3)21-18(25)14-22-10-12-23(13-11-22)15-19(26)24-8-6-17(7-9-24)20(27)28-5-2/h16-17H,4-15H2,1-3H3,(H,21,25). The number of piperazine rings is 1. The zero-order valence-electron chi connectivity index (χ0n) is 17.6. The second-order valence-corrected chi connectivity index (χ2v) is 7.84. The molecule has 1 N–H and O–H groups in total. The van der Waals surface area contributed by atoms with Crippen molar-refractivity contribution in [1.82, 2.24) is 20.0 Å². The third kappa shape index (κ3) is 7.05. The Balaban J connectivity index is 1.65. The summed E-state index contributed by atoms with van der Waals surface area (Å²) in [5.41, 5.74) is 0. The summed E-state index contributed by atoms with van der Waals surface area (Å²) in [6.07, 6.45) is 2.30. The van der Waals surface area contributed by atoms with E-state index in [9.17, 15) is 14.4 Å². The molecule has 2 fully saturated rings. The predicted octanol–water partition coefficient (Wildman–Crippen LogP) is 0.320. The van der Waals surface area contributed by atoms with Crippen LogP contribution in [0.5, 0.6) is 0 Å². The highest BCUT2D eigenvalue weighted by Crippen LogP contribution is 2.19. The molecule has 1 unspecified atom stereocenters. The van der Waals surface area contributed by atoms with E-state index in [0.717, 1.165) is 32.6 Å². The van der Waals surface area contributed by atoms with Gasteiger partial charge in [0, 0.05) is 45.3 Å². The lowest BCUT2D eigenvalue weighted by molar-refractivity contribution is -0.151. The molecule has 8 nitrogen and oxygen atoms in total. The number of amides is 2. The normalized spacial score (nSPS) is 20.6. The Morgan fingerprint density at radius 2 is 1.54 bits per heavy atom. The minimum atomic E-state index is -0.136. The second-order valence-electron chi connectivity index (χ2n) is 7.84. The van der Waals surface area contributed by atoms with E-state index >= 15 is 0 Å². The van der Waals surface area contributed by atoms with Crippen LogP contribution in [-0.2, 0) is 19.1 Å². The maximum absolute atomic E-state index is 12.6. The zero-order chi connectivity index (χ0) is 20.5. The van der Waals surface area contributed by atoms with Gasteiger partial charge in [-0.05, 0) is 33.1 Å². The van der Waals surface area contributed by atoms with Crippen LogP contribution in [0.15, 0.2) is 0 Å². The fourth-order valence-electron chi connectivity index (χ4n) is 3.65. The van der Waals surface area contributed by atoms with Gasteiger partial charge in [0.2, 0.25) is 11.8 Å². The molecule has 0 aromatic carbocycles. The molecule has 0 bridgehead atoms. The van der Waals surface area contributed by atoms with Gasteiger partial charge < -0.3 is 15.0 Å². The molecule has 2 aliphatic rings. The monoisotopic (exact) mass is 396 g/mol. The average Bonchev–Trinajstić information content (AvgIpc) is 2.69. The first-order valence-electron chi connectivity index (χ1n) is 10.6. The highest BCUT2D eigenvalue weighted by Gasteiger charge is 2.29. The van der Waals surface area contributed by atoms with Crippen molar-refractivity contribution in [2.75, 3.05) is 59.0 Å². The van der Waals surface area contributed by atoms with E-state index in [4.69, 9.17) is 4.74 Å². The van der Waals surface area contributed by atoms with Crippen LogP contribution >= 0.6 is 0 Å². The number of rotatable bonds is 8. The van der Waals surface area contributed by atoms with Gasteiger partial charge in [0.25, 0.3) is 0 Å². The molecule has 2 rings (SSSR count). The van der Waals surface area contributed by atoms with Crippen molar-refractivity contribution in [3.05, 3.63) is 0 Å². The quantitative estimate of drug-likeness (QED) is 0.595. The van der Waals surface area contributed by atoms with Crippen molar-refractivity contribution in [3.63, 3.8) is 0 Å². The van der Waals surface area contributed by atoms with Crippen LogP contribution in [0.25, 0.3) is 0 Å². The minimum absolute atomic E-state index is 0.0725. The summed E-state index contributed by atoms with van der Waals surface area (Å²) < 4.78 is 5.08. The predicted molar refractivity (Wildman–Crippen MR) is 107 cm³/mol. The van der Waals surface area contributed by atoms with E-state index < -0.39 is 0 Å². The topological polar surface area (TPSA) is 82.2 Å². The number of hydrogen-bond donors (Lipinski definition) is 1. The van der Waals surface area contributed by atoms with Gasteiger partial charge in [0.1, 0.15) is 0 Å². The number of carbonyl (C=O) groups excluding carboxylic acids is 3. The van der Waals surface area contributed by atoms with Crippen LogP contribution in [0.1, 0.15) is 40.0 Å². The van der Waals surface area contributed by atoms with Gasteiger partial charge in [-0.2, -0.15) is 0 Å². The van der Waals surface area contributed by atoms with Crippen molar-refractivity contribution in [3.8, 4) is 0 Å². The van der Waals surface area contributed by atoms with Gasteiger partial charge in [-0.1, -0.05) is 6.92 Å². The van der Waals surface area contributed by atoms with Crippen molar-refractivity contribution >= 4 is 17.8 Å². The van der Waals surface area contributed by atoms with Crippen LogP contribution in [0.2, 0.25) is 0 Å². The summed E-state index contributed by atoms with van der Waals surface area (Å²) in [4.78, 5) is 42.5. The number of likely N-dealkylation sites (tertiary alicyclic amines) is 1. The zero-order valence-corrected chi connectivity index (χ0v) is 17.6. The fraction of sp³-hybridized carbons (Fsp3) is 0.850. The molecule has 0 spiro atoms. The van der Waals surface area contributed by atoms with E-state index in [-0.39, 0.29) is 29.7 Å². The molecule has 28 heavy (non-hydrogen) atoms. The summed E-state index contributed by atoms with van der Waals surface area (Å²) in [5, 5.41) is 2.99. The minimum Gasteiger partial charge on any atom is -0.466 e. The number of nitrogens with one attached hydrogen (secondary N) is 1. The van der Waals surface area contributed by atoms with Gasteiger partial charge in [0.15, 0.2) is 0 Å². The summed E-state index contributed by atoms with van der Waals surface area (Å²) in [6, 6.07) is 0.208. The SMILES string of the molecule is CCOC(=O)C1CCN(C(=O)CN2CCN(CC(=O)NC(C)CC)CC2)CC1. The van der Waals surface area contributed by atoms with Gasteiger partial charge in [-0.15, -0.1) is 0 Å². The van der Waals surface area contributed by atoms with E-state index in [1.807, 2.05) is 18.7 Å². The van der Waals surface area contributed by atoms with Gasteiger partial charge in [0.05, 0.1) is 25.6 Å². The first-order valence-corrected chi connectivity index (χ1v) is 10.6. The Kier molecular flexibility index (Phi) is 9.18. The van der Waals surface area contributed by atoms with Crippen LogP contribution in [0, 0.1) is 5.92 Å². The molecule has 2 saturated heterocycles. The number of carbonyl (C=O) groups is 3. The molecule has 0 radical (unpaired) electrons. The average molecular weight is 397 g/mol. The van der Waals surface area contributed by atoms with E-state index in [1.54, 1.807) is 0 Å². The van der Waals surface area contributed by atoms with Gasteiger partial charge in [-0.25, -0.2) is 0 Å². The van der Waals surface area contributed by atoms with E-state index in [2.05, 4.69) is 22.0 Å². The summed E-state index contributed by atoms with van der Waals surface area (Å²) in [5.74, 6) is -0.00849. The van der Waals surface area contributed by atoms with Crippen LogP contribution < -0.4 is 5.32 Å². The van der Waals surface area contributed by atoms with Gasteiger partial charge in [-0.3, -0.25) is 24.2 Å². The van der Waals surface area contributed by atoms with Crippen LogP contribution in [0.3, 0.4) is 0 Å². The Morgan fingerprint density at radius 3 is 2.07 bits per heavy atom. The Labute approximate surface area is 168 Å². The van der Waals surface area contributed by atoms with Crippen molar-refractivity contribution < 1.29 is 19.1 Å². The molecular formula is C20H36N4O4. The van der Waals surface area contributed by atoms with Crippen molar-refractivity contribution in [2.45, 2.75) is 46.1 Å². The molecule has 0 aromatic rings. The number of piperidine rings is 1. The maximum Gasteiger partial charge on any atom is 0.309 e. The molecule has 0 aliphatic carbocycles. The Hall–Kier alpha value is -1.67. The summed E-state index contributed by atoms with van der Waals surface area (Å²) in [7, 11) is 0. The highest BCUT2D eigenvalue weighted by atomic mass is 16.5.